The Morgan fingerprint density at radius 1 is 1.17 bits per heavy atom. The number of hydrogen-bond acceptors (Lipinski definition) is 6. The Morgan fingerprint density at radius 2 is 2.00 bits per heavy atom. The Kier molecular flexibility index (Phi) is 6.97. The van der Waals surface area contributed by atoms with Crippen molar-refractivity contribution in [3.8, 4) is 11.5 Å². The van der Waals surface area contributed by atoms with Crippen LogP contribution < -0.4 is 9.47 Å². The summed E-state index contributed by atoms with van der Waals surface area (Å²) in [6.45, 7) is 3.95. The molecule has 1 aliphatic heterocycles. The molecule has 0 bridgehead atoms. The van der Waals surface area contributed by atoms with E-state index in [0.29, 0.717) is 24.7 Å². The molecule has 3 aromatic rings. The molecule has 2 heterocycles. The zero-order valence-corrected chi connectivity index (χ0v) is 18.2. The summed E-state index contributed by atoms with van der Waals surface area (Å²) in [5.74, 6) is 2.05. The standard InChI is InChI=1S/C24H28N2O3S/c1-28-23-17-18(11-15-27)7-8-22(23)29-16-4-12-26-13-9-19(10-14-26)24-20-5-2-3-6-21(20)25-30-24/h2-3,5-8,15,17,19H,4,9-14,16H2,1H3. The smallest absolute Gasteiger partial charge is 0.161 e. The zero-order valence-electron chi connectivity index (χ0n) is 17.4. The number of benzene rings is 2. The molecule has 0 saturated carbocycles. The van der Waals surface area contributed by atoms with Gasteiger partial charge < -0.3 is 19.2 Å². The van der Waals surface area contributed by atoms with Crippen molar-refractivity contribution >= 4 is 28.7 Å². The fourth-order valence-corrected chi connectivity index (χ4v) is 5.16. The number of ether oxygens (including phenoxy) is 2. The molecule has 6 heteroatoms. The number of likely N-dealkylation sites (tertiary alicyclic amines) is 1. The molecule has 158 valence electrons. The summed E-state index contributed by atoms with van der Waals surface area (Å²) in [4.78, 5) is 14.7. The van der Waals surface area contributed by atoms with Gasteiger partial charge in [-0.15, -0.1) is 0 Å². The van der Waals surface area contributed by atoms with E-state index in [0.717, 1.165) is 49.2 Å². The Hall–Kier alpha value is -2.44. The maximum Gasteiger partial charge on any atom is 0.161 e. The molecular formula is C24H28N2O3S. The van der Waals surface area contributed by atoms with Crippen molar-refractivity contribution in [3.05, 3.63) is 52.9 Å². The summed E-state index contributed by atoms with van der Waals surface area (Å²) in [5.41, 5.74) is 2.07. The Labute approximate surface area is 181 Å². The average Bonchev–Trinajstić information content (AvgIpc) is 3.22. The van der Waals surface area contributed by atoms with Crippen LogP contribution in [0.25, 0.3) is 10.9 Å². The zero-order chi connectivity index (χ0) is 20.8. The summed E-state index contributed by atoms with van der Waals surface area (Å²) < 4.78 is 16.0. The van der Waals surface area contributed by atoms with E-state index in [1.54, 1.807) is 18.6 Å². The molecule has 1 saturated heterocycles. The van der Waals surface area contributed by atoms with Gasteiger partial charge in [0.15, 0.2) is 11.5 Å². The van der Waals surface area contributed by atoms with Crippen molar-refractivity contribution in [2.75, 3.05) is 33.4 Å². The average molecular weight is 425 g/mol. The summed E-state index contributed by atoms with van der Waals surface area (Å²) in [6, 6.07) is 14.2. The third-order valence-electron chi connectivity index (χ3n) is 5.79. The Morgan fingerprint density at radius 3 is 2.80 bits per heavy atom. The molecule has 1 aromatic heterocycles. The van der Waals surface area contributed by atoms with Gasteiger partial charge in [0.2, 0.25) is 0 Å². The highest BCUT2D eigenvalue weighted by Gasteiger charge is 2.23. The molecule has 0 amide bonds. The molecule has 0 N–H and O–H groups in total. The van der Waals surface area contributed by atoms with Gasteiger partial charge in [0.25, 0.3) is 0 Å². The van der Waals surface area contributed by atoms with Crippen LogP contribution in [0.2, 0.25) is 0 Å². The van der Waals surface area contributed by atoms with Crippen LogP contribution in [0, 0.1) is 0 Å². The second-order valence-electron chi connectivity index (χ2n) is 7.74. The van der Waals surface area contributed by atoms with Crippen LogP contribution >= 0.6 is 11.5 Å². The summed E-state index contributed by atoms with van der Waals surface area (Å²) in [7, 11) is 1.63. The van der Waals surface area contributed by atoms with E-state index in [2.05, 4.69) is 33.5 Å². The van der Waals surface area contributed by atoms with Gasteiger partial charge in [-0.25, -0.2) is 0 Å². The number of aromatic nitrogens is 1. The van der Waals surface area contributed by atoms with Gasteiger partial charge in [0.1, 0.15) is 6.29 Å². The van der Waals surface area contributed by atoms with E-state index in [-0.39, 0.29) is 0 Å². The summed E-state index contributed by atoms with van der Waals surface area (Å²) in [5, 5.41) is 1.34. The first-order valence-corrected chi connectivity index (χ1v) is 11.4. The van der Waals surface area contributed by atoms with Crippen LogP contribution in [0.5, 0.6) is 11.5 Å². The molecular weight excluding hydrogens is 396 g/mol. The summed E-state index contributed by atoms with van der Waals surface area (Å²) >= 11 is 1.68. The topological polar surface area (TPSA) is 51.7 Å². The van der Waals surface area contributed by atoms with Gasteiger partial charge in [-0.3, -0.25) is 0 Å². The lowest BCUT2D eigenvalue weighted by molar-refractivity contribution is -0.107. The van der Waals surface area contributed by atoms with E-state index in [1.165, 1.54) is 23.1 Å². The summed E-state index contributed by atoms with van der Waals surface area (Å²) in [6.07, 6.45) is 4.66. The highest BCUT2D eigenvalue weighted by Crippen LogP contribution is 2.36. The van der Waals surface area contributed by atoms with E-state index in [1.807, 2.05) is 18.2 Å². The quantitative estimate of drug-likeness (QED) is 0.368. The largest absolute Gasteiger partial charge is 0.493 e. The van der Waals surface area contributed by atoms with Crippen molar-refractivity contribution in [2.24, 2.45) is 0 Å². The molecule has 4 rings (SSSR count). The first kappa shape index (κ1) is 20.8. The number of carbonyl (C=O) groups is 1. The fourth-order valence-electron chi connectivity index (χ4n) is 4.15. The molecule has 30 heavy (non-hydrogen) atoms. The first-order valence-electron chi connectivity index (χ1n) is 10.6. The molecule has 5 nitrogen and oxygen atoms in total. The third kappa shape index (κ3) is 4.82. The van der Waals surface area contributed by atoms with Gasteiger partial charge >= 0.3 is 0 Å². The van der Waals surface area contributed by atoms with Crippen LogP contribution in [0.1, 0.15) is 35.6 Å². The highest BCUT2D eigenvalue weighted by atomic mass is 32.1. The number of methoxy groups -OCH3 is 1. The predicted octanol–water partition coefficient (Wildman–Crippen LogP) is 4.69. The molecule has 0 radical (unpaired) electrons. The van der Waals surface area contributed by atoms with Gasteiger partial charge in [-0.2, -0.15) is 4.37 Å². The number of nitrogens with zero attached hydrogens (tertiary/aromatic N) is 2. The first-order chi connectivity index (χ1) is 14.8. The van der Waals surface area contributed by atoms with E-state index < -0.39 is 0 Å². The molecule has 0 atom stereocenters. The number of carbonyl (C=O) groups excluding carboxylic acids is 1. The molecule has 1 fully saturated rings. The molecule has 0 aliphatic carbocycles. The number of aldehydes is 1. The van der Waals surface area contributed by atoms with Crippen LogP contribution in [0.15, 0.2) is 42.5 Å². The van der Waals surface area contributed by atoms with Crippen LogP contribution in [-0.2, 0) is 11.2 Å². The lowest BCUT2D eigenvalue weighted by atomic mass is 9.93. The predicted molar refractivity (Wildman–Crippen MR) is 121 cm³/mol. The fraction of sp³-hybridized carbons (Fsp3) is 0.417. The Balaban J connectivity index is 1.22. The van der Waals surface area contributed by atoms with Gasteiger partial charge in [0.05, 0.1) is 19.2 Å². The van der Waals surface area contributed by atoms with E-state index >= 15 is 0 Å². The molecule has 1 aliphatic rings. The van der Waals surface area contributed by atoms with Crippen molar-refractivity contribution < 1.29 is 14.3 Å². The maximum absolute atomic E-state index is 10.7. The Bertz CT molecular complexity index is 979. The third-order valence-corrected chi connectivity index (χ3v) is 6.83. The second-order valence-corrected chi connectivity index (χ2v) is 8.54. The molecule has 2 aromatic carbocycles. The number of fused-ring (bicyclic) bond motifs is 1. The lowest BCUT2D eigenvalue weighted by Crippen LogP contribution is -2.34. The SMILES string of the molecule is COc1cc(CC=O)ccc1OCCCN1CCC(c2snc3ccccc23)CC1. The minimum atomic E-state index is 0.393. The highest BCUT2D eigenvalue weighted by molar-refractivity contribution is 7.07. The number of hydrogen-bond donors (Lipinski definition) is 0. The van der Waals surface area contributed by atoms with Crippen molar-refractivity contribution in [3.63, 3.8) is 0 Å². The minimum absolute atomic E-state index is 0.393. The number of rotatable bonds is 9. The van der Waals surface area contributed by atoms with Crippen LogP contribution in [-0.4, -0.2) is 48.9 Å². The van der Waals surface area contributed by atoms with Crippen LogP contribution in [0.4, 0.5) is 0 Å². The van der Waals surface area contributed by atoms with Crippen molar-refractivity contribution in [1.29, 1.82) is 0 Å². The normalized spacial score (nSPS) is 15.4. The lowest BCUT2D eigenvalue weighted by Gasteiger charge is -2.31. The van der Waals surface area contributed by atoms with Gasteiger partial charge in [0, 0.05) is 23.2 Å². The minimum Gasteiger partial charge on any atom is -0.493 e. The molecule has 0 unspecified atom stereocenters. The van der Waals surface area contributed by atoms with Crippen LogP contribution in [0.3, 0.4) is 0 Å². The maximum atomic E-state index is 10.7. The molecule has 0 spiro atoms. The van der Waals surface area contributed by atoms with Crippen molar-refractivity contribution in [2.45, 2.75) is 31.6 Å². The van der Waals surface area contributed by atoms with E-state index in [4.69, 9.17) is 9.47 Å². The monoisotopic (exact) mass is 424 g/mol. The van der Waals surface area contributed by atoms with Crippen molar-refractivity contribution in [1.82, 2.24) is 9.27 Å². The number of piperidine rings is 1. The van der Waals surface area contributed by atoms with Gasteiger partial charge in [-0.05, 0) is 73.6 Å². The van der Waals surface area contributed by atoms with E-state index in [9.17, 15) is 4.79 Å². The van der Waals surface area contributed by atoms with Gasteiger partial charge in [-0.1, -0.05) is 24.3 Å². The second kappa shape index (κ2) is 10.0.